The van der Waals surface area contributed by atoms with E-state index in [0.717, 1.165) is 25.7 Å². The summed E-state index contributed by atoms with van der Waals surface area (Å²) in [6, 6.07) is 7.88. The van der Waals surface area contributed by atoms with Crippen molar-refractivity contribution in [2.24, 2.45) is 0 Å². The first-order valence-corrected chi connectivity index (χ1v) is 13.1. The van der Waals surface area contributed by atoms with E-state index in [1.54, 1.807) is 32.0 Å². The van der Waals surface area contributed by atoms with Crippen LogP contribution in [0.2, 0.25) is 0 Å². The van der Waals surface area contributed by atoms with Crippen LogP contribution in [0.3, 0.4) is 0 Å². The smallest absolute Gasteiger partial charge is 0.295 e. The van der Waals surface area contributed by atoms with Gasteiger partial charge < -0.3 is 33.9 Å². The minimum atomic E-state index is -1.02. The van der Waals surface area contributed by atoms with E-state index < -0.39 is 29.3 Å². The van der Waals surface area contributed by atoms with Gasteiger partial charge in [-0.05, 0) is 37.6 Å². The van der Waals surface area contributed by atoms with Gasteiger partial charge in [0.15, 0.2) is 23.1 Å². The zero-order valence-electron chi connectivity index (χ0n) is 22.8. The maximum atomic E-state index is 14.8. The molecule has 2 aromatic carbocycles. The van der Waals surface area contributed by atoms with Gasteiger partial charge in [0, 0.05) is 24.1 Å². The lowest BCUT2D eigenvalue weighted by Crippen LogP contribution is -3.14. The summed E-state index contributed by atoms with van der Waals surface area (Å²) < 4.78 is 36.7. The molecule has 2 aromatic rings. The third-order valence-electron chi connectivity index (χ3n) is 6.94. The first-order valence-electron chi connectivity index (χ1n) is 13.1. The van der Waals surface area contributed by atoms with Gasteiger partial charge in [0.05, 0.1) is 46.1 Å². The van der Waals surface area contributed by atoms with Gasteiger partial charge in [-0.3, -0.25) is 9.59 Å². The highest BCUT2D eigenvalue weighted by atomic mass is 19.1. The Balaban J connectivity index is 1.76. The summed E-state index contributed by atoms with van der Waals surface area (Å²) in [6.45, 7) is 7.68. The Morgan fingerprint density at radius 2 is 1.87 bits per heavy atom. The van der Waals surface area contributed by atoms with E-state index in [1.165, 1.54) is 36.2 Å². The quantitative estimate of drug-likeness (QED) is 0.273. The van der Waals surface area contributed by atoms with E-state index in [1.807, 2.05) is 0 Å². The largest absolute Gasteiger partial charge is 0.872 e. The fourth-order valence-electron chi connectivity index (χ4n) is 5.11. The minimum absolute atomic E-state index is 0.00127. The molecule has 2 aliphatic rings. The Bertz CT molecular complexity index is 1240. The molecule has 2 aliphatic heterocycles. The number of halogens is 1. The molecule has 39 heavy (non-hydrogen) atoms. The van der Waals surface area contributed by atoms with Crippen LogP contribution < -0.4 is 24.2 Å². The van der Waals surface area contributed by atoms with Crippen molar-refractivity contribution in [2.45, 2.75) is 32.4 Å². The number of methoxy groups -OCH3 is 2. The molecule has 9 nitrogen and oxygen atoms in total. The van der Waals surface area contributed by atoms with Gasteiger partial charge in [-0.25, -0.2) is 4.39 Å². The van der Waals surface area contributed by atoms with Gasteiger partial charge in [-0.15, -0.1) is 0 Å². The van der Waals surface area contributed by atoms with E-state index in [2.05, 4.69) is 0 Å². The lowest BCUT2D eigenvalue weighted by molar-refractivity contribution is -0.908. The van der Waals surface area contributed by atoms with Crippen molar-refractivity contribution in [2.75, 3.05) is 53.6 Å². The molecule has 0 bridgehead atoms. The number of para-hydroxylation sites is 1. The summed E-state index contributed by atoms with van der Waals surface area (Å²) >= 11 is 0. The van der Waals surface area contributed by atoms with Gasteiger partial charge >= 0.3 is 0 Å². The number of morpholine rings is 1. The molecular weight excluding hydrogens is 507 g/mol. The number of carbonyl (C=O) groups is 2. The number of amides is 1. The molecule has 2 heterocycles. The number of rotatable bonds is 10. The molecule has 0 saturated carbocycles. The number of ketones is 1. The van der Waals surface area contributed by atoms with Crippen molar-refractivity contribution >= 4 is 17.4 Å². The molecule has 1 amide bonds. The topological polar surface area (TPSA) is 102 Å². The van der Waals surface area contributed by atoms with Crippen LogP contribution in [0, 0.1) is 5.82 Å². The summed E-state index contributed by atoms with van der Waals surface area (Å²) in [6.07, 6.45) is 0.358. The number of hydrogen-bond donors (Lipinski definition) is 1. The van der Waals surface area contributed by atoms with E-state index in [-0.39, 0.29) is 29.5 Å². The average Bonchev–Trinajstić information content (AvgIpc) is 3.18. The third-order valence-corrected chi connectivity index (χ3v) is 6.94. The number of benzene rings is 2. The van der Waals surface area contributed by atoms with Crippen LogP contribution in [-0.2, 0) is 14.3 Å². The summed E-state index contributed by atoms with van der Waals surface area (Å²) in [4.78, 5) is 29.5. The van der Waals surface area contributed by atoms with Crippen molar-refractivity contribution in [1.82, 2.24) is 4.90 Å². The number of Topliss-reactive ketones (excluding diaryl/α,β-unsaturated/α-hetero) is 1. The second-order valence-corrected chi connectivity index (χ2v) is 9.83. The Morgan fingerprint density at radius 1 is 1.13 bits per heavy atom. The normalized spacial score (nSPS) is 19.5. The lowest BCUT2D eigenvalue weighted by Gasteiger charge is -2.30. The molecule has 4 rings (SSSR count). The summed E-state index contributed by atoms with van der Waals surface area (Å²) in [5.41, 5.74) is 0.145. The molecule has 2 saturated heterocycles. The lowest BCUT2D eigenvalue weighted by atomic mass is 9.94. The maximum Gasteiger partial charge on any atom is 0.295 e. The number of quaternary nitrogens is 1. The zero-order valence-corrected chi connectivity index (χ0v) is 22.8. The average molecular weight is 543 g/mol. The first-order chi connectivity index (χ1) is 18.8. The number of nitrogens with zero attached hydrogens (tertiary/aromatic N) is 1. The number of nitrogens with one attached hydrogen (secondary N) is 1. The van der Waals surface area contributed by atoms with Crippen LogP contribution in [-0.4, -0.2) is 76.3 Å². The highest BCUT2D eigenvalue weighted by Gasteiger charge is 2.45. The van der Waals surface area contributed by atoms with Crippen LogP contribution in [0.1, 0.15) is 37.4 Å². The van der Waals surface area contributed by atoms with Gasteiger partial charge in [0.1, 0.15) is 13.1 Å². The van der Waals surface area contributed by atoms with E-state index >= 15 is 0 Å². The number of carbonyl (C=O) groups excluding carboxylic acids is 2. The van der Waals surface area contributed by atoms with Crippen molar-refractivity contribution < 1.29 is 42.9 Å². The highest BCUT2D eigenvalue weighted by molar-refractivity contribution is 6.46. The number of likely N-dealkylation sites (tertiary alicyclic amines) is 1. The SMILES string of the molecule is COc1cccc(C2C(=C([O-])c3ccc(OC(C)C)c(F)c3)C(=O)C(=O)N2CCC[NH+]2CCOCC2)c1OC. The standard InChI is InChI=1S/C29H35FN2O7/c1-18(2)39-22-10-9-19(17-21(22)30)26(33)24-25(20-7-5-8-23(36-3)28(20)37-4)32(29(35)27(24)34)12-6-11-31-13-15-38-16-14-31/h5,7-10,17-18,25,33H,6,11-16H2,1-4H3. The molecular formula is C29H35FN2O7. The van der Waals surface area contributed by atoms with Gasteiger partial charge in [0.2, 0.25) is 5.78 Å². The van der Waals surface area contributed by atoms with Crippen molar-refractivity contribution in [1.29, 1.82) is 0 Å². The zero-order chi connectivity index (χ0) is 28.1. The van der Waals surface area contributed by atoms with Crippen molar-refractivity contribution in [3.63, 3.8) is 0 Å². The summed E-state index contributed by atoms with van der Waals surface area (Å²) in [5, 5.41) is 13.8. The van der Waals surface area contributed by atoms with Crippen molar-refractivity contribution in [3.8, 4) is 17.2 Å². The molecule has 1 atom stereocenters. The van der Waals surface area contributed by atoms with Crippen LogP contribution in [0.4, 0.5) is 4.39 Å². The minimum Gasteiger partial charge on any atom is -0.872 e. The summed E-state index contributed by atoms with van der Waals surface area (Å²) in [5.74, 6) is -2.42. The van der Waals surface area contributed by atoms with Crippen molar-refractivity contribution in [3.05, 3.63) is 58.9 Å². The molecule has 0 radical (unpaired) electrons. The molecule has 0 aromatic heterocycles. The van der Waals surface area contributed by atoms with Crippen LogP contribution in [0.25, 0.3) is 5.76 Å². The fraction of sp³-hybridized carbons (Fsp3) is 0.448. The van der Waals surface area contributed by atoms with E-state index in [4.69, 9.17) is 18.9 Å². The Kier molecular flexibility index (Phi) is 9.08. The first kappa shape index (κ1) is 28.4. The van der Waals surface area contributed by atoms with Crippen LogP contribution in [0.15, 0.2) is 42.0 Å². The second-order valence-electron chi connectivity index (χ2n) is 9.83. The summed E-state index contributed by atoms with van der Waals surface area (Å²) in [7, 11) is 2.94. The molecule has 10 heteroatoms. The molecule has 0 spiro atoms. The van der Waals surface area contributed by atoms with E-state index in [9.17, 15) is 19.1 Å². The fourth-order valence-corrected chi connectivity index (χ4v) is 5.11. The molecule has 1 N–H and O–H groups in total. The number of hydrogen-bond acceptors (Lipinski definition) is 7. The Morgan fingerprint density at radius 3 is 2.51 bits per heavy atom. The van der Waals surface area contributed by atoms with Gasteiger partial charge in [-0.1, -0.05) is 24.0 Å². The van der Waals surface area contributed by atoms with E-state index in [0.29, 0.717) is 36.7 Å². The predicted molar refractivity (Wildman–Crippen MR) is 139 cm³/mol. The molecule has 210 valence electrons. The molecule has 1 unspecified atom stereocenters. The van der Waals surface area contributed by atoms with Gasteiger partial charge in [-0.2, -0.15) is 0 Å². The molecule has 2 fully saturated rings. The Labute approximate surface area is 227 Å². The van der Waals surface area contributed by atoms with Crippen LogP contribution in [0.5, 0.6) is 17.2 Å². The maximum absolute atomic E-state index is 14.8. The second kappa shape index (κ2) is 12.5. The van der Waals surface area contributed by atoms with Crippen LogP contribution >= 0.6 is 0 Å². The number of ether oxygens (including phenoxy) is 4. The van der Waals surface area contributed by atoms with Gasteiger partial charge in [0.25, 0.3) is 5.91 Å². The highest BCUT2D eigenvalue weighted by Crippen LogP contribution is 2.45. The third kappa shape index (κ3) is 6.02. The monoisotopic (exact) mass is 542 g/mol. The predicted octanol–water partition coefficient (Wildman–Crippen LogP) is 1.16. The molecule has 0 aliphatic carbocycles. The Hall–Kier alpha value is -3.63.